The van der Waals surface area contributed by atoms with E-state index >= 15 is 0 Å². The van der Waals surface area contributed by atoms with Crippen molar-refractivity contribution in [3.8, 4) is 0 Å². The van der Waals surface area contributed by atoms with Crippen LogP contribution in [0.1, 0.15) is 31.8 Å². The molecule has 0 saturated carbocycles. The summed E-state index contributed by atoms with van der Waals surface area (Å²) in [6.07, 6.45) is -0.566. The molecule has 1 unspecified atom stereocenters. The number of carbonyl (C=O) groups is 4. The highest BCUT2D eigenvalue weighted by molar-refractivity contribution is 6.12. The Morgan fingerprint density at radius 1 is 0.659 bits per heavy atom. The Bertz CT molecular complexity index is 1510. The van der Waals surface area contributed by atoms with Crippen LogP contribution < -0.4 is 16.0 Å². The monoisotopic (exact) mass is 551 g/mol. The number of para-hydroxylation sites is 2. The Morgan fingerprint density at radius 2 is 1.20 bits per heavy atom. The Kier molecular flexibility index (Phi) is 9.82. The molecule has 0 aliphatic carbocycles. The Morgan fingerprint density at radius 3 is 1.83 bits per heavy atom. The zero-order valence-electron chi connectivity index (χ0n) is 22.3. The van der Waals surface area contributed by atoms with E-state index < -0.39 is 29.9 Å². The second-order valence-corrected chi connectivity index (χ2v) is 8.97. The lowest BCUT2D eigenvalue weighted by molar-refractivity contribution is -0.118. The molecule has 0 spiro atoms. The number of alkyl carbamates (subject to hydrolysis) is 1. The molecule has 0 aliphatic heterocycles. The van der Waals surface area contributed by atoms with E-state index in [0.717, 1.165) is 11.1 Å². The van der Waals surface area contributed by atoms with Crippen LogP contribution in [-0.2, 0) is 27.3 Å². The maximum atomic E-state index is 13.5. The van der Waals surface area contributed by atoms with Gasteiger partial charge in [-0.15, -0.1) is 0 Å². The van der Waals surface area contributed by atoms with E-state index in [-0.39, 0.29) is 35.5 Å². The van der Waals surface area contributed by atoms with Crippen molar-refractivity contribution in [3.63, 3.8) is 0 Å². The molecule has 9 nitrogen and oxygen atoms in total. The molecule has 0 bridgehead atoms. The Hall–Kier alpha value is -5.44. The molecule has 3 amide bonds. The van der Waals surface area contributed by atoms with Crippen molar-refractivity contribution < 1.29 is 28.7 Å². The second-order valence-electron chi connectivity index (χ2n) is 8.97. The van der Waals surface area contributed by atoms with Gasteiger partial charge in [0.25, 0.3) is 5.91 Å². The minimum absolute atomic E-state index is 0.0440. The van der Waals surface area contributed by atoms with Crippen molar-refractivity contribution >= 4 is 35.3 Å². The van der Waals surface area contributed by atoms with Crippen molar-refractivity contribution in [1.82, 2.24) is 5.32 Å². The zero-order chi connectivity index (χ0) is 29.0. The molecule has 0 heterocycles. The van der Waals surface area contributed by atoms with Gasteiger partial charge >= 0.3 is 12.1 Å². The fraction of sp³-hybridized carbons (Fsp3) is 0.125. The SMILES string of the molecule is COC(=O)c1ccccc1NC(=O)c1ccccc1NC(=O)C(Cc1ccccc1)NC(=O)OCc1ccccc1. The Labute approximate surface area is 237 Å². The van der Waals surface area contributed by atoms with Gasteiger partial charge in [0.05, 0.1) is 29.6 Å². The molecular weight excluding hydrogens is 522 g/mol. The van der Waals surface area contributed by atoms with Crippen molar-refractivity contribution in [1.29, 1.82) is 0 Å². The summed E-state index contributed by atoms with van der Waals surface area (Å²) in [6, 6.07) is 30.3. The molecule has 0 aliphatic rings. The van der Waals surface area contributed by atoms with Gasteiger partial charge in [0.15, 0.2) is 0 Å². The number of ether oxygens (including phenoxy) is 2. The van der Waals surface area contributed by atoms with Crippen molar-refractivity contribution in [2.24, 2.45) is 0 Å². The van der Waals surface area contributed by atoms with Crippen LogP contribution in [0.3, 0.4) is 0 Å². The first kappa shape index (κ1) is 28.6. The molecule has 4 aromatic carbocycles. The molecule has 9 heteroatoms. The fourth-order valence-corrected chi connectivity index (χ4v) is 4.05. The largest absolute Gasteiger partial charge is 0.465 e. The molecule has 0 aromatic heterocycles. The summed E-state index contributed by atoms with van der Waals surface area (Å²) in [7, 11) is 1.25. The molecule has 41 heavy (non-hydrogen) atoms. The number of nitrogens with one attached hydrogen (secondary N) is 3. The van der Waals surface area contributed by atoms with Crippen LogP contribution in [0.5, 0.6) is 0 Å². The van der Waals surface area contributed by atoms with Crippen LogP contribution >= 0.6 is 0 Å². The third-order valence-electron chi connectivity index (χ3n) is 6.11. The predicted octanol–water partition coefficient (Wildman–Crippen LogP) is 5.20. The minimum Gasteiger partial charge on any atom is -0.465 e. The standard InChI is InChI=1S/C32H29N3O6/c1-40-31(38)25-17-9-11-19-27(25)33-29(36)24-16-8-10-18-26(24)34-30(37)28(20-22-12-4-2-5-13-22)35-32(39)41-21-23-14-6-3-7-15-23/h2-19,28H,20-21H2,1H3,(H,33,36)(H,34,37)(H,35,39). The topological polar surface area (TPSA) is 123 Å². The summed E-state index contributed by atoms with van der Waals surface area (Å²) in [4.78, 5) is 51.5. The predicted molar refractivity (Wildman–Crippen MR) is 155 cm³/mol. The number of hydrogen-bond donors (Lipinski definition) is 3. The lowest BCUT2D eigenvalue weighted by atomic mass is 10.0. The first-order chi connectivity index (χ1) is 19.9. The maximum absolute atomic E-state index is 13.5. The van der Waals surface area contributed by atoms with Crippen molar-refractivity contribution in [3.05, 3.63) is 131 Å². The highest BCUT2D eigenvalue weighted by Gasteiger charge is 2.24. The third kappa shape index (κ3) is 8.03. The number of anilines is 2. The number of methoxy groups -OCH3 is 1. The van der Waals surface area contributed by atoms with E-state index in [4.69, 9.17) is 9.47 Å². The van der Waals surface area contributed by atoms with Gasteiger partial charge in [0.1, 0.15) is 12.6 Å². The maximum Gasteiger partial charge on any atom is 0.408 e. The highest BCUT2D eigenvalue weighted by atomic mass is 16.5. The van der Waals surface area contributed by atoms with Gasteiger partial charge in [-0.1, -0.05) is 84.9 Å². The van der Waals surface area contributed by atoms with E-state index in [9.17, 15) is 19.2 Å². The molecule has 208 valence electrons. The van der Waals surface area contributed by atoms with Crippen molar-refractivity contribution in [2.45, 2.75) is 19.1 Å². The number of rotatable bonds is 10. The molecule has 0 saturated heterocycles. The Balaban J connectivity index is 1.50. The van der Waals surface area contributed by atoms with E-state index in [1.54, 1.807) is 42.5 Å². The van der Waals surface area contributed by atoms with E-state index in [1.165, 1.54) is 13.2 Å². The number of benzene rings is 4. The van der Waals surface area contributed by atoms with Gasteiger partial charge in [-0.2, -0.15) is 0 Å². The summed E-state index contributed by atoms with van der Waals surface area (Å²) >= 11 is 0. The molecule has 3 N–H and O–H groups in total. The first-order valence-corrected chi connectivity index (χ1v) is 12.8. The molecular formula is C32H29N3O6. The van der Waals surface area contributed by atoms with Gasteiger partial charge in [-0.25, -0.2) is 9.59 Å². The molecule has 4 rings (SSSR count). The van der Waals surface area contributed by atoms with E-state index in [1.807, 2.05) is 60.7 Å². The van der Waals surface area contributed by atoms with Gasteiger partial charge in [0, 0.05) is 6.42 Å². The average molecular weight is 552 g/mol. The van der Waals surface area contributed by atoms with E-state index in [0.29, 0.717) is 0 Å². The van der Waals surface area contributed by atoms with Crippen molar-refractivity contribution in [2.75, 3.05) is 17.7 Å². The lowest BCUT2D eigenvalue weighted by Crippen LogP contribution is -2.45. The summed E-state index contributed by atoms with van der Waals surface area (Å²) in [5.74, 6) is -1.69. The van der Waals surface area contributed by atoms with Crippen LogP contribution in [0.2, 0.25) is 0 Å². The molecule has 4 aromatic rings. The van der Waals surface area contributed by atoms with Gasteiger partial charge in [0.2, 0.25) is 5.91 Å². The highest BCUT2D eigenvalue weighted by Crippen LogP contribution is 2.21. The van der Waals surface area contributed by atoms with Crippen LogP contribution in [0.15, 0.2) is 109 Å². The number of esters is 1. The van der Waals surface area contributed by atoms with Gasteiger partial charge in [-0.05, 0) is 35.4 Å². The summed E-state index contributed by atoms with van der Waals surface area (Å²) in [6.45, 7) is 0.0440. The van der Waals surface area contributed by atoms with E-state index in [2.05, 4.69) is 16.0 Å². The number of carbonyl (C=O) groups excluding carboxylic acids is 4. The fourth-order valence-electron chi connectivity index (χ4n) is 4.05. The normalized spacial score (nSPS) is 11.0. The van der Waals surface area contributed by atoms with Crippen LogP contribution in [0.25, 0.3) is 0 Å². The third-order valence-corrected chi connectivity index (χ3v) is 6.11. The van der Waals surface area contributed by atoms with Gasteiger partial charge < -0.3 is 25.4 Å². The quantitative estimate of drug-likeness (QED) is 0.233. The van der Waals surface area contributed by atoms with Crippen LogP contribution in [0.4, 0.5) is 16.2 Å². The van der Waals surface area contributed by atoms with Gasteiger partial charge in [-0.3, -0.25) is 9.59 Å². The van der Waals surface area contributed by atoms with Crippen LogP contribution in [0, 0.1) is 0 Å². The van der Waals surface area contributed by atoms with Crippen LogP contribution in [-0.4, -0.2) is 37.0 Å². The second kappa shape index (κ2) is 14.1. The zero-order valence-corrected chi connectivity index (χ0v) is 22.3. The lowest BCUT2D eigenvalue weighted by Gasteiger charge is -2.20. The molecule has 0 radical (unpaired) electrons. The number of amides is 3. The molecule has 1 atom stereocenters. The summed E-state index contributed by atoms with van der Waals surface area (Å²) < 4.78 is 10.1. The smallest absolute Gasteiger partial charge is 0.408 e. The minimum atomic E-state index is -1.00. The summed E-state index contributed by atoms with van der Waals surface area (Å²) in [5, 5.41) is 8.12. The number of hydrogen-bond acceptors (Lipinski definition) is 6. The molecule has 0 fully saturated rings. The summed E-state index contributed by atoms with van der Waals surface area (Å²) in [5.41, 5.74) is 2.46. The average Bonchev–Trinajstić information content (AvgIpc) is 3.01. The first-order valence-electron chi connectivity index (χ1n) is 12.8.